The number of unbranched alkanes of at least 4 members (excludes halogenated alkanes) is 1. The number of amides is 2. The Morgan fingerprint density at radius 2 is 2.09 bits per heavy atom. The Bertz CT molecular complexity index is 479. The Kier molecular flexibility index (Phi) is 6.43. The van der Waals surface area contributed by atoms with Gasteiger partial charge in [0.25, 0.3) is 0 Å². The molecule has 2 amide bonds. The molecule has 0 spiro atoms. The van der Waals surface area contributed by atoms with Gasteiger partial charge >= 0.3 is 0 Å². The molecule has 0 radical (unpaired) electrons. The molecule has 0 atom stereocenters. The Hall–Kier alpha value is -1.36. The van der Waals surface area contributed by atoms with Crippen LogP contribution in [0.25, 0.3) is 0 Å². The first kappa shape index (κ1) is 17.0. The van der Waals surface area contributed by atoms with Crippen LogP contribution in [0.2, 0.25) is 0 Å². The third-order valence-corrected chi connectivity index (χ3v) is 5.20. The summed E-state index contributed by atoms with van der Waals surface area (Å²) < 4.78 is 0. The monoisotopic (exact) mass is 322 g/mol. The smallest absolute Gasteiger partial charge is 0.227 e. The molecule has 1 fully saturated rings. The highest BCUT2D eigenvalue weighted by atomic mass is 32.1. The summed E-state index contributed by atoms with van der Waals surface area (Å²) in [4.78, 5) is 29.5. The first-order valence-corrected chi connectivity index (χ1v) is 9.05. The number of rotatable bonds is 6. The van der Waals surface area contributed by atoms with Crippen LogP contribution in [0.15, 0.2) is 17.5 Å². The minimum Gasteiger partial charge on any atom is -0.346 e. The van der Waals surface area contributed by atoms with Crippen molar-refractivity contribution in [3.8, 4) is 0 Å². The first-order valence-electron chi connectivity index (χ1n) is 8.17. The molecule has 1 saturated heterocycles. The van der Waals surface area contributed by atoms with E-state index in [4.69, 9.17) is 0 Å². The van der Waals surface area contributed by atoms with Gasteiger partial charge in [-0.25, -0.2) is 0 Å². The molecule has 1 aliphatic heterocycles. The third kappa shape index (κ3) is 4.57. The van der Waals surface area contributed by atoms with E-state index in [0.29, 0.717) is 19.5 Å². The van der Waals surface area contributed by atoms with E-state index in [-0.39, 0.29) is 17.7 Å². The van der Waals surface area contributed by atoms with Crippen molar-refractivity contribution in [1.29, 1.82) is 0 Å². The van der Waals surface area contributed by atoms with Gasteiger partial charge in [0, 0.05) is 37.5 Å². The van der Waals surface area contributed by atoms with Crippen molar-refractivity contribution in [3.05, 3.63) is 22.4 Å². The number of nitrogens with zero attached hydrogens (tertiary/aromatic N) is 2. The Balaban J connectivity index is 1.77. The zero-order valence-corrected chi connectivity index (χ0v) is 14.4. The van der Waals surface area contributed by atoms with Gasteiger partial charge in [0.05, 0.1) is 6.42 Å². The van der Waals surface area contributed by atoms with Crippen LogP contribution >= 0.6 is 11.3 Å². The fourth-order valence-corrected chi connectivity index (χ4v) is 3.56. The van der Waals surface area contributed by atoms with Crippen LogP contribution in [-0.2, 0) is 16.0 Å². The van der Waals surface area contributed by atoms with Crippen molar-refractivity contribution in [2.24, 2.45) is 5.92 Å². The summed E-state index contributed by atoms with van der Waals surface area (Å²) in [6.45, 7) is 4.40. The van der Waals surface area contributed by atoms with Crippen LogP contribution in [0, 0.1) is 5.92 Å². The molecule has 1 aromatic rings. The maximum absolute atomic E-state index is 12.4. The summed E-state index contributed by atoms with van der Waals surface area (Å²) in [6, 6.07) is 3.98. The van der Waals surface area contributed by atoms with Crippen molar-refractivity contribution >= 4 is 23.2 Å². The number of hydrogen-bond donors (Lipinski definition) is 0. The summed E-state index contributed by atoms with van der Waals surface area (Å²) in [5.74, 6) is 0.527. The van der Waals surface area contributed by atoms with E-state index in [1.165, 1.54) is 0 Å². The van der Waals surface area contributed by atoms with Crippen molar-refractivity contribution in [2.45, 2.75) is 39.0 Å². The lowest BCUT2D eigenvalue weighted by atomic mass is 9.95. The number of likely N-dealkylation sites (tertiary alicyclic amines) is 1. The van der Waals surface area contributed by atoms with Crippen LogP contribution in [0.3, 0.4) is 0 Å². The molecule has 5 heteroatoms. The van der Waals surface area contributed by atoms with E-state index in [2.05, 4.69) is 6.92 Å². The van der Waals surface area contributed by atoms with E-state index in [9.17, 15) is 9.59 Å². The largest absolute Gasteiger partial charge is 0.346 e. The Morgan fingerprint density at radius 3 is 2.68 bits per heavy atom. The molecule has 1 aliphatic rings. The molecule has 0 bridgehead atoms. The molecular weight excluding hydrogens is 296 g/mol. The lowest BCUT2D eigenvalue weighted by Gasteiger charge is -2.33. The normalized spacial score (nSPS) is 15.8. The third-order valence-electron chi connectivity index (χ3n) is 4.33. The quantitative estimate of drug-likeness (QED) is 0.808. The maximum Gasteiger partial charge on any atom is 0.227 e. The Morgan fingerprint density at radius 1 is 1.36 bits per heavy atom. The highest BCUT2D eigenvalue weighted by Gasteiger charge is 2.28. The predicted molar refractivity (Wildman–Crippen MR) is 89.9 cm³/mol. The second-order valence-corrected chi connectivity index (χ2v) is 7.06. The fourth-order valence-electron chi connectivity index (χ4n) is 2.87. The summed E-state index contributed by atoms with van der Waals surface area (Å²) in [6.07, 6.45) is 4.25. The molecule has 122 valence electrons. The molecular formula is C17H26N2O2S. The average molecular weight is 322 g/mol. The zero-order chi connectivity index (χ0) is 15.9. The Labute approximate surface area is 137 Å². The SMILES string of the molecule is CCCCN(C)C(=O)C1CCN(C(=O)Cc2cccs2)CC1. The van der Waals surface area contributed by atoms with Gasteiger partial charge in [-0.05, 0) is 30.7 Å². The molecule has 0 saturated carbocycles. The molecule has 1 aromatic heterocycles. The van der Waals surface area contributed by atoms with Crippen molar-refractivity contribution in [3.63, 3.8) is 0 Å². The lowest BCUT2D eigenvalue weighted by Crippen LogP contribution is -2.44. The summed E-state index contributed by atoms with van der Waals surface area (Å²) in [7, 11) is 1.90. The van der Waals surface area contributed by atoms with Crippen molar-refractivity contribution in [1.82, 2.24) is 9.80 Å². The number of thiophene rings is 1. The first-order chi connectivity index (χ1) is 10.6. The van der Waals surface area contributed by atoms with Crippen LogP contribution in [0.1, 0.15) is 37.5 Å². The number of carbonyl (C=O) groups is 2. The van der Waals surface area contributed by atoms with E-state index in [0.717, 1.165) is 37.1 Å². The summed E-state index contributed by atoms with van der Waals surface area (Å²) in [5.41, 5.74) is 0. The lowest BCUT2D eigenvalue weighted by molar-refractivity contribution is -0.139. The highest BCUT2D eigenvalue weighted by molar-refractivity contribution is 7.10. The van der Waals surface area contributed by atoms with Crippen LogP contribution in [0.4, 0.5) is 0 Å². The van der Waals surface area contributed by atoms with Crippen LogP contribution in [0.5, 0.6) is 0 Å². The molecule has 4 nitrogen and oxygen atoms in total. The molecule has 0 N–H and O–H groups in total. The minimum atomic E-state index is 0.0904. The van der Waals surface area contributed by atoms with Gasteiger partial charge < -0.3 is 9.80 Å². The minimum absolute atomic E-state index is 0.0904. The second-order valence-electron chi connectivity index (χ2n) is 6.02. The topological polar surface area (TPSA) is 40.6 Å². The van der Waals surface area contributed by atoms with E-state index in [1.807, 2.05) is 34.4 Å². The molecule has 0 aromatic carbocycles. The van der Waals surface area contributed by atoms with Gasteiger partial charge in [0.15, 0.2) is 0 Å². The van der Waals surface area contributed by atoms with E-state index in [1.54, 1.807) is 11.3 Å². The molecule has 2 rings (SSSR count). The van der Waals surface area contributed by atoms with Crippen LogP contribution < -0.4 is 0 Å². The van der Waals surface area contributed by atoms with Gasteiger partial charge in [0.1, 0.15) is 0 Å². The van der Waals surface area contributed by atoms with Crippen molar-refractivity contribution in [2.75, 3.05) is 26.7 Å². The number of piperidine rings is 1. The molecule has 2 heterocycles. The van der Waals surface area contributed by atoms with E-state index < -0.39 is 0 Å². The van der Waals surface area contributed by atoms with Gasteiger partial charge in [-0.15, -0.1) is 11.3 Å². The molecule has 22 heavy (non-hydrogen) atoms. The summed E-state index contributed by atoms with van der Waals surface area (Å²) >= 11 is 1.62. The molecule has 0 aliphatic carbocycles. The van der Waals surface area contributed by atoms with Gasteiger partial charge in [0.2, 0.25) is 11.8 Å². The van der Waals surface area contributed by atoms with Gasteiger partial charge in [-0.2, -0.15) is 0 Å². The average Bonchev–Trinajstić information content (AvgIpc) is 3.05. The standard InChI is InChI=1S/C17H26N2O2S/c1-3-4-9-18(2)17(21)14-7-10-19(11-8-14)16(20)13-15-6-5-12-22-15/h5-6,12,14H,3-4,7-11,13H2,1-2H3. The van der Waals surface area contributed by atoms with Crippen molar-refractivity contribution < 1.29 is 9.59 Å². The van der Waals surface area contributed by atoms with Gasteiger partial charge in [-0.1, -0.05) is 19.4 Å². The second kappa shape index (κ2) is 8.32. The molecule has 0 unspecified atom stereocenters. The zero-order valence-electron chi connectivity index (χ0n) is 13.6. The van der Waals surface area contributed by atoms with E-state index >= 15 is 0 Å². The summed E-state index contributed by atoms with van der Waals surface area (Å²) in [5, 5.41) is 2.00. The fraction of sp³-hybridized carbons (Fsp3) is 0.647. The number of carbonyl (C=O) groups excluding carboxylic acids is 2. The highest BCUT2D eigenvalue weighted by Crippen LogP contribution is 2.21. The number of hydrogen-bond acceptors (Lipinski definition) is 3. The maximum atomic E-state index is 12.4. The predicted octanol–water partition coefficient (Wildman–Crippen LogP) is 2.79. The van der Waals surface area contributed by atoms with Gasteiger partial charge in [-0.3, -0.25) is 9.59 Å². The van der Waals surface area contributed by atoms with Crippen LogP contribution in [-0.4, -0.2) is 48.3 Å².